The third-order valence-electron chi connectivity index (χ3n) is 5.36. The highest BCUT2D eigenvalue weighted by atomic mass is 16.6. The van der Waals surface area contributed by atoms with E-state index in [1.165, 1.54) is 32.1 Å². The minimum absolute atomic E-state index is 0.313. The second-order valence-corrected chi connectivity index (χ2v) is 6.48. The molecule has 0 spiro atoms. The number of rotatable bonds is 5. The SMILES string of the molecule is C=C(C)C(=O)OCCOC1CC2CC1C1CCCC21. The van der Waals surface area contributed by atoms with Crippen LogP contribution in [0, 0.1) is 23.7 Å². The third kappa shape index (κ3) is 2.45. The zero-order chi connectivity index (χ0) is 13.4. The number of esters is 1. The molecule has 5 atom stereocenters. The average molecular weight is 264 g/mol. The molecule has 3 fully saturated rings. The Hall–Kier alpha value is -0.830. The first-order chi connectivity index (χ1) is 9.16. The Kier molecular flexibility index (Phi) is 3.66. The van der Waals surface area contributed by atoms with Gasteiger partial charge in [-0.1, -0.05) is 13.0 Å². The maximum Gasteiger partial charge on any atom is 0.333 e. The number of hydrogen-bond donors (Lipinski definition) is 0. The van der Waals surface area contributed by atoms with Gasteiger partial charge in [0.2, 0.25) is 0 Å². The molecule has 3 heteroatoms. The summed E-state index contributed by atoms with van der Waals surface area (Å²) in [6, 6.07) is 0. The van der Waals surface area contributed by atoms with Crippen molar-refractivity contribution in [2.75, 3.05) is 13.2 Å². The van der Waals surface area contributed by atoms with Gasteiger partial charge in [-0.05, 0) is 56.3 Å². The molecule has 0 radical (unpaired) electrons. The van der Waals surface area contributed by atoms with Gasteiger partial charge in [-0.15, -0.1) is 0 Å². The Morgan fingerprint density at radius 2 is 1.95 bits per heavy atom. The molecule has 0 N–H and O–H groups in total. The van der Waals surface area contributed by atoms with Crippen molar-refractivity contribution in [1.82, 2.24) is 0 Å². The van der Waals surface area contributed by atoms with Crippen LogP contribution in [-0.2, 0) is 14.3 Å². The van der Waals surface area contributed by atoms with Gasteiger partial charge in [0.05, 0.1) is 12.7 Å². The Morgan fingerprint density at radius 1 is 1.16 bits per heavy atom. The fraction of sp³-hybridized carbons (Fsp3) is 0.812. The maximum absolute atomic E-state index is 11.2. The van der Waals surface area contributed by atoms with Crippen LogP contribution in [0.2, 0.25) is 0 Å². The van der Waals surface area contributed by atoms with E-state index in [4.69, 9.17) is 9.47 Å². The van der Waals surface area contributed by atoms with Crippen molar-refractivity contribution in [2.45, 2.75) is 45.1 Å². The molecule has 3 aliphatic rings. The summed E-state index contributed by atoms with van der Waals surface area (Å²) in [6.45, 7) is 6.12. The predicted octanol–water partition coefficient (Wildman–Crippen LogP) is 2.95. The van der Waals surface area contributed by atoms with Gasteiger partial charge in [0, 0.05) is 5.57 Å². The maximum atomic E-state index is 11.2. The Balaban J connectivity index is 1.41. The van der Waals surface area contributed by atoms with Gasteiger partial charge in [0.1, 0.15) is 6.61 Å². The normalized spacial score (nSPS) is 39.3. The minimum Gasteiger partial charge on any atom is -0.460 e. The topological polar surface area (TPSA) is 35.5 Å². The number of ether oxygens (including phenoxy) is 2. The first kappa shape index (κ1) is 13.2. The lowest BCUT2D eigenvalue weighted by molar-refractivity contribution is -0.141. The Morgan fingerprint density at radius 3 is 2.74 bits per heavy atom. The molecule has 0 aliphatic heterocycles. The quantitative estimate of drug-likeness (QED) is 0.435. The molecule has 2 bridgehead atoms. The predicted molar refractivity (Wildman–Crippen MR) is 72.6 cm³/mol. The van der Waals surface area contributed by atoms with Crippen molar-refractivity contribution in [1.29, 1.82) is 0 Å². The van der Waals surface area contributed by atoms with E-state index in [2.05, 4.69) is 6.58 Å². The van der Waals surface area contributed by atoms with Crippen LogP contribution in [0.3, 0.4) is 0 Å². The van der Waals surface area contributed by atoms with E-state index in [1.807, 2.05) is 0 Å². The zero-order valence-corrected chi connectivity index (χ0v) is 11.8. The fourth-order valence-electron chi connectivity index (χ4n) is 4.65. The molecule has 3 aliphatic carbocycles. The molecule has 5 unspecified atom stereocenters. The first-order valence-electron chi connectivity index (χ1n) is 7.61. The van der Waals surface area contributed by atoms with Crippen molar-refractivity contribution in [2.24, 2.45) is 23.7 Å². The molecule has 0 aromatic rings. The summed E-state index contributed by atoms with van der Waals surface area (Å²) in [6.07, 6.45) is 7.33. The summed E-state index contributed by atoms with van der Waals surface area (Å²) in [7, 11) is 0. The molecule has 0 heterocycles. The van der Waals surface area contributed by atoms with Gasteiger partial charge in [-0.25, -0.2) is 4.79 Å². The lowest BCUT2D eigenvalue weighted by atomic mass is 9.80. The molecule has 106 valence electrons. The molecule has 3 nitrogen and oxygen atoms in total. The summed E-state index contributed by atoms with van der Waals surface area (Å²) in [4.78, 5) is 11.2. The van der Waals surface area contributed by atoms with Gasteiger partial charge in [0.15, 0.2) is 0 Å². The summed E-state index contributed by atoms with van der Waals surface area (Å²) in [5.41, 5.74) is 0.453. The van der Waals surface area contributed by atoms with E-state index in [0.29, 0.717) is 24.9 Å². The van der Waals surface area contributed by atoms with Crippen LogP contribution in [0.4, 0.5) is 0 Å². The standard InChI is InChI=1S/C16H24O3/c1-10(2)16(17)19-7-6-18-15-9-11-8-14(15)13-5-3-4-12(11)13/h11-15H,1,3-9H2,2H3. The van der Waals surface area contributed by atoms with Gasteiger partial charge < -0.3 is 9.47 Å². The second kappa shape index (κ2) is 5.28. The number of hydrogen-bond acceptors (Lipinski definition) is 3. The monoisotopic (exact) mass is 264 g/mol. The molecule has 0 aromatic carbocycles. The van der Waals surface area contributed by atoms with E-state index in [0.717, 1.165) is 23.7 Å². The smallest absolute Gasteiger partial charge is 0.333 e. The van der Waals surface area contributed by atoms with Gasteiger partial charge in [-0.2, -0.15) is 0 Å². The molecule has 0 saturated heterocycles. The van der Waals surface area contributed by atoms with E-state index >= 15 is 0 Å². The molecule has 3 rings (SSSR count). The van der Waals surface area contributed by atoms with Crippen LogP contribution in [0.5, 0.6) is 0 Å². The highest BCUT2D eigenvalue weighted by Crippen LogP contribution is 2.59. The van der Waals surface area contributed by atoms with E-state index in [-0.39, 0.29) is 5.97 Å². The molecular weight excluding hydrogens is 240 g/mol. The highest BCUT2D eigenvalue weighted by Gasteiger charge is 2.54. The molecule has 19 heavy (non-hydrogen) atoms. The lowest BCUT2D eigenvalue weighted by Crippen LogP contribution is -2.31. The highest BCUT2D eigenvalue weighted by molar-refractivity contribution is 5.86. The van der Waals surface area contributed by atoms with Crippen molar-refractivity contribution in [3.8, 4) is 0 Å². The molecule has 3 saturated carbocycles. The zero-order valence-electron chi connectivity index (χ0n) is 11.8. The van der Waals surface area contributed by atoms with Crippen LogP contribution in [0.1, 0.15) is 39.0 Å². The van der Waals surface area contributed by atoms with Crippen LogP contribution in [0.15, 0.2) is 12.2 Å². The number of carbonyl (C=O) groups excluding carboxylic acids is 1. The number of fused-ring (bicyclic) bond motifs is 5. The van der Waals surface area contributed by atoms with Crippen LogP contribution >= 0.6 is 0 Å². The van der Waals surface area contributed by atoms with Gasteiger partial charge in [0.25, 0.3) is 0 Å². The summed E-state index contributed by atoms with van der Waals surface area (Å²) in [5, 5.41) is 0. The Bertz CT molecular complexity index is 376. The first-order valence-corrected chi connectivity index (χ1v) is 7.61. The molecular formula is C16H24O3. The van der Waals surface area contributed by atoms with E-state index in [9.17, 15) is 4.79 Å². The third-order valence-corrected chi connectivity index (χ3v) is 5.36. The van der Waals surface area contributed by atoms with Crippen LogP contribution in [0.25, 0.3) is 0 Å². The van der Waals surface area contributed by atoms with E-state index < -0.39 is 0 Å². The van der Waals surface area contributed by atoms with Crippen molar-refractivity contribution >= 4 is 5.97 Å². The largest absolute Gasteiger partial charge is 0.460 e. The second-order valence-electron chi connectivity index (χ2n) is 6.48. The lowest BCUT2D eigenvalue weighted by Gasteiger charge is -2.31. The van der Waals surface area contributed by atoms with Crippen molar-refractivity contribution in [3.05, 3.63) is 12.2 Å². The average Bonchev–Trinajstić information content (AvgIpc) is 3.05. The van der Waals surface area contributed by atoms with Crippen LogP contribution in [-0.4, -0.2) is 25.3 Å². The van der Waals surface area contributed by atoms with Crippen LogP contribution < -0.4 is 0 Å². The van der Waals surface area contributed by atoms with Crippen molar-refractivity contribution in [3.63, 3.8) is 0 Å². The van der Waals surface area contributed by atoms with Gasteiger partial charge in [-0.3, -0.25) is 0 Å². The molecule has 0 aromatic heterocycles. The van der Waals surface area contributed by atoms with Gasteiger partial charge >= 0.3 is 5.97 Å². The Labute approximate surface area is 115 Å². The van der Waals surface area contributed by atoms with E-state index in [1.54, 1.807) is 6.92 Å². The summed E-state index contributed by atoms with van der Waals surface area (Å²) in [5.74, 6) is 3.33. The van der Waals surface area contributed by atoms with Crippen molar-refractivity contribution < 1.29 is 14.3 Å². The summed E-state index contributed by atoms with van der Waals surface area (Å²) >= 11 is 0. The number of carbonyl (C=O) groups is 1. The minimum atomic E-state index is -0.313. The summed E-state index contributed by atoms with van der Waals surface area (Å²) < 4.78 is 11.0. The fourth-order valence-corrected chi connectivity index (χ4v) is 4.65. The molecule has 0 amide bonds.